The molecule has 1 saturated heterocycles. The summed E-state index contributed by atoms with van der Waals surface area (Å²) in [5.74, 6) is 1.48. The van der Waals surface area contributed by atoms with Gasteiger partial charge >= 0.3 is 0 Å². The molecule has 0 aromatic carbocycles. The fraction of sp³-hybridized carbons (Fsp3) is 0.875. The number of hydrogen-bond donors (Lipinski definition) is 1. The normalized spacial score (nSPS) is 28.2. The highest BCUT2D eigenvalue weighted by Crippen LogP contribution is 2.09. The number of likely N-dealkylation sites (tertiary alicyclic amines) is 1. The highest BCUT2D eigenvalue weighted by molar-refractivity contribution is 4.87. The van der Waals surface area contributed by atoms with Gasteiger partial charge in [-0.3, -0.25) is 0 Å². The number of hydrogen-bond acceptors (Lipinski definition) is 2. The van der Waals surface area contributed by atoms with Gasteiger partial charge in [0.05, 0.1) is 0 Å². The third-order valence-electron chi connectivity index (χ3n) is 1.85. The van der Waals surface area contributed by atoms with E-state index < -0.39 is 0 Å². The van der Waals surface area contributed by atoms with Crippen LogP contribution in [0.3, 0.4) is 0 Å². The SMILES string of the molecule is C[C](C)CN1CCC(N)C1. The maximum atomic E-state index is 5.75. The van der Waals surface area contributed by atoms with Crippen LogP contribution >= 0.6 is 0 Å². The Morgan fingerprint density at radius 1 is 1.60 bits per heavy atom. The lowest BCUT2D eigenvalue weighted by Gasteiger charge is -2.16. The predicted molar refractivity (Wildman–Crippen MR) is 43.6 cm³/mol. The van der Waals surface area contributed by atoms with E-state index in [1.165, 1.54) is 18.9 Å². The molecule has 59 valence electrons. The molecular formula is C8H17N2. The minimum absolute atomic E-state index is 0.430. The molecule has 0 bridgehead atoms. The largest absolute Gasteiger partial charge is 0.326 e. The van der Waals surface area contributed by atoms with Gasteiger partial charge in [-0.05, 0) is 18.9 Å². The van der Waals surface area contributed by atoms with Gasteiger partial charge in [0.1, 0.15) is 0 Å². The molecule has 0 aliphatic carbocycles. The monoisotopic (exact) mass is 141 g/mol. The molecule has 0 saturated carbocycles. The van der Waals surface area contributed by atoms with Gasteiger partial charge in [0.25, 0.3) is 0 Å². The van der Waals surface area contributed by atoms with Crippen LogP contribution in [0.1, 0.15) is 20.3 Å². The van der Waals surface area contributed by atoms with E-state index in [1.54, 1.807) is 0 Å². The fourth-order valence-electron chi connectivity index (χ4n) is 1.45. The molecule has 1 heterocycles. The first-order valence-corrected chi connectivity index (χ1v) is 3.95. The molecule has 1 atom stereocenters. The molecule has 2 N–H and O–H groups in total. The topological polar surface area (TPSA) is 29.3 Å². The summed E-state index contributed by atoms with van der Waals surface area (Å²) in [4.78, 5) is 2.42. The van der Waals surface area contributed by atoms with Crippen molar-refractivity contribution in [1.29, 1.82) is 0 Å². The van der Waals surface area contributed by atoms with Crippen LogP contribution in [0.25, 0.3) is 0 Å². The molecule has 1 fully saturated rings. The molecule has 2 nitrogen and oxygen atoms in total. The van der Waals surface area contributed by atoms with E-state index >= 15 is 0 Å². The molecule has 1 radical (unpaired) electrons. The average molecular weight is 141 g/mol. The van der Waals surface area contributed by atoms with Crippen molar-refractivity contribution in [2.45, 2.75) is 26.3 Å². The van der Waals surface area contributed by atoms with Crippen LogP contribution < -0.4 is 5.73 Å². The second kappa shape index (κ2) is 3.35. The van der Waals surface area contributed by atoms with Crippen LogP contribution in [-0.4, -0.2) is 30.6 Å². The van der Waals surface area contributed by atoms with E-state index in [2.05, 4.69) is 18.7 Å². The summed E-state index contributed by atoms with van der Waals surface area (Å²) in [7, 11) is 0. The van der Waals surface area contributed by atoms with E-state index in [0.717, 1.165) is 13.1 Å². The predicted octanol–water partition coefficient (Wildman–Crippen LogP) is 0.634. The number of nitrogens with two attached hydrogens (primary N) is 1. The van der Waals surface area contributed by atoms with E-state index in [9.17, 15) is 0 Å². The zero-order valence-corrected chi connectivity index (χ0v) is 6.93. The van der Waals surface area contributed by atoms with Crippen molar-refractivity contribution in [3.05, 3.63) is 5.92 Å². The van der Waals surface area contributed by atoms with Crippen LogP contribution in [-0.2, 0) is 0 Å². The third-order valence-corrected chi connectivity index (χ3v) is 1.85. The molecule has 2 heteroatoms. The van der Waals surface area contributed by atoms with Gasteiger partial charge in [-0.2, -0.15) is 0 Å². The van der Waals surface area contributed by atoms with Crippen molar-refractivity contribution in [2.24, 2.45) is 5.73 Å². The Balaban J connectivity index is 2.18. The summed E-state index contributed by atoms with van der Waals surface area (Å²) in [6.45, 7) is 7.75. The summed E-state index contributed by atoms with van der Waals surface area (Å²) in [5, 5.41) is 0. The van der Waals surface area contributed by atoms with Crippen LogP contribution in [0.2, 0.25) is 0 Å². The molecular weight excluding hydrogens is 124 g/mol. The molecule has 1 aliphatic heterocycles. The van der Waals surface area contributed by atoms with Crippen LogP contribution in [0.4, 0.5) is 0 Å². The number of nitrogens with zero attached hydrogens (tertiary/aromatic N) is 1. The molecule has 1 aliphatic rings. The summed E-state index contributed by atoms with van der Waals surface area (Å²) in [5.41, 5.74) is 5.75. The molecule has 0 amide bonds. The maximum Gasteiger partial charge on any atom is 0.0180 e. The van der Waals surface area contributed by atoms with Crippen LogP contribution in [0.5, 0.6) is 0 Å². The summed E-state index contributed by atoms with van der Waals surface area (Å²) in [6, 6.07) is 0.430. The van der Waals surface area contributed by atoms with Crippen molar-refractivity contribution >= 4 is 0 Å². The van der Waals surface area contributed by atoms with Gasteiger partial charge in [-0.15, -0.1) is 0 Å². The van der Waals surface area contributed by atoms with Gasteiger partial charge in [-0.25, -0.2) is 0 Å². The Bertz CT molecular complexity index is 101. The molecule has 1 unspecified atom stereocenters. The van der Waals surface area contributed by atoms with Gasteiger partial charge in [0.15, 0.2) is 0 Å². The number of rotatable bonds is 2. The van der Waals surface area contributed by atoms with E-state index in [0.29, 0.717) is 6.04 Å². The molecule has 0 aromatic heterocycles. The average Bonchev–Trinajstić information content (AvgIpc) is 2.13. The fourth-order valence-corrected chi connectivity index (χ4v) is 1.45. The van der Waals surface area contributed by atoms with Crippen molar-refractivity contribution in [1.82, 2.24) is 4.90 Å². The highest BCUT2D eigenvalue weighted by Gasteiger charge is 2.18. The third kappa shape index (κ3) is 2.27. The Kier molecular flexibility index (Phi) is 2.69. The molecule has 1 rings (SSSR count). The van der Waals surface area contributed by atoms with Crippen molar-refractivity contribution in [2.75, 3.05) is 19.6 Å². The Morgan fingerprint density at radius 2 is 2.30 bits per heavy atom. The molecule has 10 heavy (non-hydrogen) atoms. The summed E-state index contributed by atoms with van der Waals surface area (Å²) < 4.78 is 0. The van der Waals surface area contributed by atoms with Gasteiger partial charge in [0, 0.05) is 19.1 Å². The van der Waals surface area contributed by atoms with Crippen molar-refractivity contribution < 1.29 is 0 Å². The zero-order valence-electron chi connectivity index (χ0n) is 6.93. The minimum Gasteiger partial charge on any atom is -0.326 e. The van der Waals surface area contributed by atoms with E-state index in [-0.39, 0.29) is 0 Å². The van der Waals surface area contributed by atoms with Gasteiger partial charge < -0.3 is 10.6 Å². The van der Waals surface area contributed by atoms with Gasteiger partial charge in [0.2, 0.25) is 0 Å². The second-order valence-electron chi connectivity index (χ2n) is 3.49. The first kappa shape index (κ1) is 8.02. The zero-order chi connectivity index (χ0) is 7.56. The quantitative estimate of drug-likeness (QED) is 0.611. The summed E-state index contributed by atoms with van der Waals surface area (Å²) >= 11 is 0. The van der Waals surface area contributed by atoms with Crippen molar-refractivity contribution in [3.63, 3.8) is 0 Å². The Labute approximate surface area is 63.4 Å². The second-order valence-corrected chi connectivity index (χ2v) is 3.49. The van der Waals surface area contributed by atoms with Crippen LogP contribution in [0, 0.1) is 5.92 Å². The first-order chi connectivity index (χ1) is 4.68. The maximum absolute atomic E-state index is 5.75. The summed E-state index contributed by atoms with van der Waals surface area (Å²) in [6.07, 6.45) is 1.17. The van der Waals surface area contributed by atoms with Gasteiger partial charge in [-0.1, -0.05) is 13.8 Å². The van der Waals surface area contributed by atoms with Crippen molar-refractivity contribution in [3.8, 4) is 0 Å². The minimum atomic E-state index is 0.430. The van der Waals surface area contributed by atoms with Crippen LogP contribution in [0.15, 0.2) is 0 Å². The standard InChI is InChI=1S/C8H17N2/c1-7(2)5-10-4-3-8(9)6-10/h8H,3-6,9H2,1-2H3. The lowest BCUT2D eigenvalue weighted by atomic mass is 10.2. The lowest BCUT2D eigenvalue weighted by molar-refractivity contribution is 0.347. The smallest absolute Gasteiger partial charge is 0.0180 e. The van der Waals surface area contributed by atoms with E-state index in [1.807, 2.05) is 0 Å². The first-order valence-electron chi connectivity index (χ1n) is 3.95. The highest BCUT2D eigenvalue weighted by atomic mass is 15.2. The molecule has 0 spiro atoms. The van der Waals surface area contributed by atoms with E-state index in [4.69, 9.17) is 5.73 Å². The Morgan fingerprint density at radius 3 is 2.70 bits per heavy atom. The lowest BCUT2D eigenvalue weighted by Crippen LogP contribution is -2.28. The Hall–Kier alpha value is -0.0800. The molecule has 0 aromatic rings.